The summed E-state index contributed by atoms with van der Waals surface area (Å²) in [4.78, 5) is 12.7. The fourth-order valence-electron chi connectivity index (χ4n) is 3.11. The van der Waals surface area contributed by atoms with E-state index in [9.17, 15) is 4.79 Å². The zero-order valence-corrected chi connectivity index (χ0v) is 16.0. The van der Waals surface area contributed by atoms with Gasteiger partial charge < -0.3 is 4.74 Å². The standard InChI is InChI=1S/C18H24N4O2S/c1-11-8-16(14(4)13(3)12(11)2)17(23)10-25-18-19-20-21-22(18)9-15-6-5-7-24-15/h8,15H,5-7,9-10H2,1-4H3. The van der Waals surface area contributed by atoms with Gasteiger partial charge in [-0.3, -0.25) is 4.79 Å². The predicted octanol–water partition coefficient (Wildman–Crippen LogP) is 3.06. The molecule has 1 saturated heterocycles. The number of hydrogen-bond donors (Lipinski definition) is 0. The van der Waals surface area contributed by atoms with E-state index in [0.29, 0.717) is 17.5 Å². The van der Waals surface area contributed by atoms with Crippen LogP contribution in [0.3, 0.4) is 0 Å². The number of hydrogen-bond acceptors (Lipinski definition) is 6. The van der Waals surface area contributed by atoms with Gasteiger partial charge in [0.1, 0.15) is 0 Å². The lowest BCUT2D eigenvalue weighted by atomic mass is 9.93. The van der Waals surface area contributed by atoms with Crippen molar-refractivity contribution < 1.29 is 9.53 Å². The minimum Gasteiger partial charge on any atom is -0.376 e. The van der Waals surface area contributed by atoms with Gasteiger partial charge in [-0.25, -0.2) is 4.68 Å². The highest BCUT2D eigenvalue weighted by molar-refractivity contribution is 7.99. The number of benzene rings is 1. The Kier molecular flexibility index (Phi) is 5.54. The van der Waals surface area contributed by atoms with Gasteiger partial charge in [-0.2, -0.15) is 0 Å². The van der Waals surface area contributed by atoms with Crippen molar-refractivity contribution in [3.05, 3.63) is 33.9 Å². The van der Waals surface area contributed by atoms with E-state index in [-0.39, 0.29) is 11.9 Å². The van der Waals surface area contributed by atoms with Gasteiger partial charge in [-0.15, -0.1) is 5.10 Å². The molecule has 1 fully saturated rings. The number of nitrogens with zero attached hydrogens (tertiary/aromatic N) is 4. The highest BCUT2D eigenvalue weighted by Gasteiger charge is 2.20. The number of ether oxygens (including phenoxy) is 1. The van der Waals surface area contributed by atoms with Crippen LogP contribution in [-0.2, 0) is 11.3 Å². The minimum absolute atomic E-state index is 0.111. The van der Waals surface area contributed by atoms with Crippen molar-refractivity contribution in [3.8, 4) is 0 Å². The normalized spacial score (nSPS) is 17.2. The van der Waals surface area contributed by atoms with Crippen LogP contribution >= 0.6 is 11.8 Å². The smallest absolute Gasteiger partial charge is 0.209 e. The van der Waals surface area contributed by atoms with Gasteiger partial charge >= 0.3 is 0 Å². The number of rotatable bonds is 6. The van der Waals surface area contributed by atoms with Crippen molar-refractivity contribution in [1.29, 1.82) is 0 Å². The molecule has 0 saturated carbocycles. The molecule has 0 bridgehead atoms. The van der Waals surface area contributed by atoms with E-state index in [4.69, 9.17) is 4.74 Å². The Labute approximate surface area is 152 Å². The van der Waals surface area contributed by atoms with Gasteiger partial charge in [0.2, 0.25) is 5.16 Å². The van der Waals surface area contributed by atoms with E-state index in [0.717, 1.165) is 36.1 Å². The molecular weight excluding hydrogens is 336 g/mol. The summed E-state index contributed by atoms with van der Waals surface area (Å²) >= 11 is 1.39. The van der Waals surface area contributed by atoms with Crippen LogP contribution in [0.2, 0.25) is 0 Å². The quantitative estimate of drug-likeness (QED) is 0.582. The number of tetrazole rings is 1. The average molecular weight is 360 g/mol. The molecule has 7 heteroatoms. The Bertz CT molecular complexity index is 782. The molecule has 2 heterocycles. The molecule has 0 amide bonds. The molecule has 1 aliphatic heterocycles. The Morgan fingerprint density at radius 3 is 2.80 bits per heavy atom. The van der Waals surface area contributed by atoms with Crippen LogP contribution in [-0.4, -0.2) is 44.5 Å². The number of aryl methyl sites for hydroxylation is 1. The van der Waals surface area contributed by atoms with Crippen LogP contribution in [0.5, 0.6) is 0 Å². The molecular formula is C18H24N4O2S. The zero-order valence-electron chi connectivity index (χ0n) is 15.2. The summed E-state index contributed by atoms with van der Waals surface area (Å²) < 4.78 is 7.38. The highest BCUT2D eigenvalue weighted by atomic mass is 32.2. The molecule has 0 spiro atoms. The lowest BCUT2D eigenvalue weighted by molar-refractivity contribution is 0.0912. The van der Waals surface area contributed by atoms with Gasteiger partial charge in [-0.1, -0.05) is 11.8 Å². The summed E-state index contributed by atoms with van der Waals surface area (Å²) in [5.41, 5.74) is 5.46. The first-order chi connectivity index (χ1) is 12.0. The molecule has 6 nitrogen and oxygen atoms in total. The Morgan fingerprint density at radius 2 is 2.08 bits per heavy atom. The van der Waals surface area contributed by atoms with E-state index in [2.05, 4.69) is 29.4 Å². The second kappa shape index (κ2) is 7.66. The number of thioether (sulfide) groups is 1. The van der Waals surface area contributed by atoms with E-state index in [1.165, 1.54) is 22.9 Å². The molecule has 2 aromatic rings. The third-order valence-electron chi connectivity index (χ3n) is 5.01. The first-order valence-electron chi connectivity index (χ1n) is 8.58. The van der Waals surface area contributed by atoms with Gasteiger partial charge in [0.05, 0.1) is 18.4 Å². The molecule has 0 aliphatic carbocycles. The highest BCUT2D eigenvalue weighted by Crippen LogP contribution is 2.24. The second-order valence-electron chi connectivity index (χ2n) is 6.61. The summed E-state index contributed by atoms with van der Waals surface area (Å²) in [7, 11) is 0. The fraction of sp³-hybridized carbons (Fsp3) is 0.556. The van der Waals surface area contributed by atoms with Gasteiger partial charge in [0.15, 0.2) is 5.78 Å². The van der Waals surface area contributed by atoms with Crippen molar-refractivity contribution in [2.24, 2.45) is 0 Å². The molecule has 1 unspecified atom stereocenters. The topological polar surface area (TPSA) is 69.9 Å². The third-order valence-corrected chi connectivity index (χ3v) is 5.97. The van der Waals surface area contributed by atoms with E-state index < -0.39 is 0 Å². The van der Waals surface area contributed by atoms with Crippen LogP contribution in [0.15, 0.2) is 11.2 Å². The maximum atomic E-state index is 12.7. The van der Waals surface area contributed by atoms with Gasteiger partial charge in [-0.05, 0) is 79.3 Å². The van der Waals surface area contributed by atoms with Gasteiger partial charge in [0.25, 0.3) is 0 Å². The van der Waals surface area contributed by atoms with Crippen molar-refractivity contribution in [2.75, 3.05) is 12.4 Å². The number of carbonyl (C=O) groups is 1. The van der Waals surface area contributed by atoms with E-state index >= 15 is 0 Å². The monoisotopic (exact) mass is 360 g/mol. The lowest BCUT2D eigenvalue weighted by Crippen LogP contribution is -2.17. The summed E-state index contributed by atoms with van der Waals surface area (Å²) in [6.45, 7) is 9.68. The average Bonchev–Trinajstić information content (AvgIpc) is 3.26. The molecule has 1 aromatic carbocycles. The lowest BCUT2D eigenvalue weighted by Gasteiger charge is -2.13. The maximum Gasteiger partial charge on any atom is 0.209 e. The van der Waals surface area contributed by atoms with Crippen molar-refractivity contribution in [1.82, 2.24) is 20.2 Å². The predicted molar refractivity (Wildman–Crippen MR) is 97.2 cm³/mol. The van der Waals surface area contributed by atoms with Crippen molar-refractivity contribution in [3.63, 3.8) is 0 Å². The maximum absolute atomic E-state index is 12.7. The molecule has 25 heavy (non-hydrogen) atoms. The van der Waals surface area contributed by atoms with Crippen LogP contribution < -0.4 is 0 Å². The molecule has 0 radical (unpaired) electrons. The minimum atomic E-state index is 0.111. The molecule has 1 aromatic heterocycles. The first-order valence-corrected chi connectivity index (χ1v) is 9.57. The summed E-state index contributed by atoms with van der Waals surface area (Å²) in [5.74, 6) is 0.440. The Morgan fingerprint density at radius 1 is 1.28 bits per heavy atom. The number of ketones is 1. The Hall–Kier alpha value is -1.73. The van der Waals surface area contributed by atoms with Crippen LogP contribution in [0.4, 0.5) is 0 Å². The molecule has 1 aliphatic rings. The van der Waals surface area contributed by atoms with Gasteiger partial charge in [0, 0.05) is 12.2 Å². The Balaban J connectivity index is 1.68. The van der Waals surface area contributed by atoms with Crippen LogP contribution in [0.25, 0.3) is 0 Å². The number of Topliss-reactive ketones (excluding diaryl/α,β-unsaturated/α-hetero) is 1. The van der Waals surface area contributed by atoms with Crippen LogP contribution in [0, 0.1) is 27.7 Å². The molecule has 0 N–H and O–H groups in total. The fourth-order valence-corrected chi connectivity index (χ4v) is 3.88. The SMILES string of the molecule is Cc1cc(C(=O)CSc2nnnn2CC2CCCO2)c(C)c(C)c1C. The van der Waals surface area contributed by atoms with Crippen molar-refractivity contribution >= 4 is 17.5 Å². The number of carbonyl (C=O) groups excluding carboxylic acids is 1. The van der Waals surface area contributed by atoms with Crippen LogP contribution in [0.1, 0.15) is 45.5 Å². The first kappa shape index (κ1) is 18.1. The summed E-state index contributed by atoms with van der Waals surface area (Å²) in [6, 6.07) is 2.00. The third kappa shape index (κ3) is 3.93. The van der Waals surface area contributed by atoms with E-state index in [1.54, 1.807) is 4.68 Å². The number of aromatic nitrogens is 4. The largest absolute Gasteiger partial charge is 0.376 e. The van der Waals surface area contributed by atoms with E-state index in [1.807, 2.05) is 19.9 Å². The zero-order chi connectivity index (χ0) is 18.0. The molecule has 1 atom stereocenters. The summed E-state index contributed by atoms with van der Waals surface area (Å²) in [6.07, 6.45) is 2.28. The van der Waals surface area contributed by atoms with Crippen molar-refractivity contribution in [2.45, 2.75) is 58.3 Å². The molecule has 134 valence electrons. The molecule has 3 rings (SSSR count). The second-order valence-corrected chi connectivity index (χ2v) is 7.55. The summed E-state index contributed by atoms with van der Waals surface area (Å²) in [5, 5.41) is 12.5.